The van der Waals surface area contributed by atoms with Crippen molar-refractivity contribution < 1.29 is 14.7 Å². The number of methoxy groups -OCH3 is 1. The molecule has 1 amide bonds. The maximum atomic E-state index is 11.9. The number of ether oxygens (including phenoxy) is 1. The second kappa shape index (κ2) is 7.38. The number of nitrogens with zero attached hydrogens (tertiary/aromatic N) is 2. The third-order valence-electron chi connectivity index (χ3n) is 2.77. The average Bonchev–Trinajstić information content (AvgIpc) is 2.44. The van der Waals surface area contributed by atoms with Crippen LogP contribution in [0.15, 0.2) is 29.4 Å². The summed E-state index contributed by atoms with van der Waals surface area (Å²) in [6, 6.07) is 7.00. The van der Waals surface area contributed by atoms with Crippen LogP contribution in [-0.4, -0.2) is 49.2 Å². The van der Waals surface area contributed by atoms with Gasteiger partial charge in [-0.05, 0) is 5.56 Å². The molecule has 0 aromatic heterocycles. The van der Waals surface area contributed by atoms with Crippen molar-refractivity contribution >= 4 is 11.7 Å². The Balaban J connectivity index is 2.60. The van der Waals surface area contributed by atoms with E-state index in [9.17, 15) is 4.79 Å². The van der Waals surface area contributed by atoms with Gasteiger partial charge in [0, 0.05) is 26.3 Å². The molecular weight excluding hydrogens is 246 g/mol. The lowest BCUT2D eigenvalue weighted by atomic mass is 10.1. The molecule has 0 atom stereocenters. The van der Waals surface area contributed by atoms with Crippen LogP contribution < -0.4 is 5.73 Å². The number of amidine groups is 1. The van der Waals surface area contributed by atoms with E-state index in [0.29, 0.717) is 25.1 Å². The molecule has 6 nitrogen and oxygen atoms in total. The summed E-state index contributed by atoms with van der Waals surface area (Å²) in [5.41, 5.74) is 6.96. The van der Waals surface area contributed by atoms with Gasteiger partial charge in [0.25, 0.3) is 0 Å². The van der Waals surface area contributed by atoms with Crippen LogP contribution >= 0.6 is 0 Å². The fraction of sp³-hybridized carbons (Fsp3) is 0.385. The van der Waals surface area contributed by atoms with Crippen LogP contribution in [0.4, 0.5) is 0 Å². The van der Waals surface area contributed by atoms with E-state index in [1.54, 1.807) is 43.3 Å². The molecule has 0 aliphatic rings. The minimum absolute atomic E-state index is 0.0218. The monoisotopic (exact) mass is 265 g/mol. The molecule has 0 aliphatic carbocycles. The molecule has 6 heteroatoms. The first-order chi connectivity index (χ1) is 9.08. The van der Waals surface area contributed by atoms with Crippen molar-refractivity contribution in [3.8, 4) is 0 Å². The summed E-state index contributed by atoms with van der Waals surface area (Å²) in [4.78, 5) is 13.5. The molecular formula is C13H19N3O3. The summed E-state index contributed by atoms with van der Waals surface area (Å²) in [7, 11) is 3.34. The van der Waals surface area contributed by atoms with Crippen molar-refractivity contribution in [3.63, 3.8) is 0 Å². The molecule has 0 aliphatic heterocycles. The summed E-state index contributed by atoms with van der Waals surface area (Å²) in [6.45, 7) is 1.09. The summed E-state index contributed by atoms with van der Waals surface area (Å²) in [6.07, 6.45) is 0.316. The molecule has 0 bridgehead atoms. The molecule has 104 valence electrons. The molecule has 3 N–H and O–H groups in total. The highest BCUT2D eigenvalue weighted by Crippen LogP contribution is 2.06. The zero-order valence-corrected chi connectivity index (χ0v) is 11.2. The Labute approximate surface area is 112 Å². The van der Waals surface area contributed by atoms with Gasteiger partial charge in [0.2, 0.25) is 5.91 Å². The van der Waals surface area contributed by atoms with E-state index in [4.69, 9.17) is 15.7 Å². The normalized spacial score (nSPS) is 11.4. The summed E-state index contributed by atoms with van der Waals surface area (Å²) < 4.78 is 4.92. The Bertz CT molecular complexity index is 443. The number of benzene rings is 1. The fourth-order valence-electron chi connectivity index (χ4n) is 1.51. The van der Waals surface area contributed by atoms with Gasteiger partial charge in [-0.25, -0.2) is 0 Å². The lowest BCUT2D eigenvalue weighted by molar-refractivity contribution is -0.129. The molecule has 0 heterocycles. The van der Waals surface area contributed by atoms with Crippen molar-refractivity contribution in [2.24, 2.45) is 10.9 Å². The highest BCUT2D eigenvalue weighted by molar-refractivity contribution is 5.97. The van der Waals surface area contributed by atoms with Crippen LogP contribution in [0.2, 0.25) is 0 Å². The Morgan fingerprint density at radius 1 is 1.42 bits per heavy atom. The first-order valence-electron chi connectivity index (χ1n) is 5.88. The summed E-state index contributed by atoms with van der Waals surface area (Å²) in [5.74, 6) is 0.0729. The van der Waals surface area contributed by atoms with E-state index < -0.39 is 0 Å². The zero-order valence-electron chi connectivity index (χ0n) is 11.2. The standard InChI is InChI=1S/C13H19N3O3/c1-16(7-8-19-2)12(17)9-10-3-5-11(6-4-10)13(14)15-18/h3-6,18H,7-9H2,1-2H3,(H2,14,15). The van der Waals surface area contributed by atoms with Gasteiger partial charge in [-0.15, -0.1) is 0 Å². The van der Waals surface area contributed by atoms with Crippen LogP contribution in [0.3, 0.4) is 0 Å². The lowest BCUT2D eigenvalue weighted by Crippen LogP contribution is -2.31. The second-order valence-electron chi connectivity index (χ2n) is 4.17. The first kappa shape index (κ1) is 15.0. The molecule has 0 spiro atoms. The number of likely N-dealkylation sites (N-methyl/N-ethyl adjacent to an activating group) is 1. The molecule has 0 unspecified atom stereocenters. The number of rotatable bonds is 6. The van der Waals surface area contributed by atoms with Gasteiger partial charge in [-0.2, -0.15) is 0 Å². The third kappa shape index (κ3) is 4.59. The highest BCUT2D eigenvalue weighted by atomic mass is 16.5. The number of hydrogen-bond donors (Lipinski definition) is 2. The van der Waals surface area contributed by atoms with Crippen molar-refractivity contribution in [2.75, 3.05) is 27.3 Å². The number of nitrogens with two attached hydrogens (primary N) is 1. The van der Waals surface area contributed by atoms with E-state index >= 15 is 0 Å². The van der Waals surface area contributed by atoms with Gasteiger partial charge in [0.15, 0.2) is 5.84 Å². The van der Waals surface area contributed by atoms with E-state index in [1.165, 1.54) is 0 Å². The molecule has 0 radical (unpaired) electrons. The molecule has 0 fully saturated rings. The van der Waals surface area contributed by atoms with Crippen LogP contribution in [-0.2, 0) is 16.0 Å². The average molecular weight is 265 g/mol. The van der Waals surface area contributed by atoms with Crippen molar-refractivity contribution in [3.05, 3.63) is 35.4 Å². The Hall–Kier alpha value is -2.08. The van der Waals surface area contributed by atoms with Crippen molar-refractivity contribution in [1.82, 2.24) is 4.90 Å². The predicted molar refractivity (Wildman–Crippen MR) is 72.2 cm³/mol. The van der Waals surface area contributed by atoms with Gasteiger partial charge >= 0.3 is 0 Å². The first-order valence-corrected chi connectivity index (χ1v) is 5.88. The lowest BCUT2D eigenvalue weighted by Gasteiger charge is -2.16. The number of oxime groups is 1. The van der Waals surface area contributed by atoms with Crippen LogP contribution in [0.5, 0.6) is 0 Å². The summed E-state index contributed by atoms with van der Waals surface area (Å²) >= 11 is 0. The number of amides is 1. The highest BCUT2D eigenvalue weighted by Gasteiger charge is 2.09. The number of hydrogen-bond acceptors (Lipinski definition) is 4. The summed E-state index contributed by atoms with van der Waals surface area (Å²) in [5, 5.41) is 11.5. The molecule has 19 heavy (non-hydrogen) atoms. The maximum absolute atomic E-state index is 11.9. The van der Waals surface area contributed by atoms with Crippen LogP contribution in [0.25, 0.3) is 0 Å². The van der Waals surface area contributed by atoms with E-state index in [-0.39, 0.29) is 11.7 Å². The predicted octanol–water partition coefficient (Wildman–Crippen LogP) is 0.428. The van der Waals surface area contributed by atoms with E-state index in [2.05, 4.69) is 5.16 Å². The molecule has 0 saturated carbocycles. The van der Waals surface area contributed by atoms with E-state index in [1.807, 2.05) is 0 Å². The largest absolute Gasteiger partial charge is 0.409 e. The Kier molecular flexibility index (Phi) is 5.81. The van der Waals surface area contributed by atoms with Gasteiger partial charge < -0.3 is 20.6 Å². The van der Waals surface area contributed by atoms with Gasteiger partial charge in [0.05, 0.1) is 13.0 Å². The molecule has 1 aromatic carbocycles. The quantitative estimate of drug-likeness (QED) is 0.338. The van der Waals surface area contributed by atoms with E-state index in [0.717, 1.165) is 5.56 Å². The fourth-order valence-corrected chi connectivity index (χ4v) is 1.51. The number of carbonyl (C=O) groups excluding carboxylic acids is 1. The maximum Gasteiger partial charge on any atom is 0.226 e. The topological polar surface area (TPSA) is 88.2 Å². The smallest absolute Gasteiger partial charge is 0.226 e. The van der Waals surface area contributed by atoms with Crippen LogP contribution in [0.1, 0.15) is 11.1 Å². The van der Waals surface area contributed by atoms with Crippen molar-refractivity contribution in [1.29, 1.82) is 0 Å². The van der Waals surface area contributed by atoms with Gasteiger partial charge in [-0.3, -0.25) is 4.79 Å². The molecule has 0 saturated heterocycles. The molecule has 1 rings (SSSR count). The van der Waals surface area contributed by atoms with Crippen LogP contribution in [0, 0.1) is 0 Å². The minimum Gasteiger partial charge on any atom is -0.409 e. The van der Waals surface area contributed by atoms with Gasteiger partial charge in [-0.1, -0.05) is 29.4 Å². The van der Waals surface area contributed by atoms with Crippen molar-refractivity contribution in [2.45, 2.75) is 6.42 Å². The number of carbonyl (C=O) groups is 1. The third-order valence-corrected chi connectivity index (χ3v) is 2.77. The van der Waals surface area contributed by atoms with Gasteiger partial charge in [0.1, 0.15) is 0 Å². The second-order valence-corrected chi connectivity index (χ2v) is 4.17. The minimum atomic E-state index is 0.0218. The Morgan fingerprint density at radius 2 is 2.05 bits per heavy atom. The Morgan fingerprint density at radius 3 is 2.58 bits per heavy atom. The SMILES string of the molecule is COCCN(C)C(=O)Cc1ccc(C(N)=NO)cc1. The zero-order chi connectivity index (χ0) is 14.3. The molecule has 1 aromatic rings.